The number of hydrogen-bond acceptors (Lipinski definition) is 4. The second-order valence-electron chi connectivity index (χ2n) is 5.45. The Morgan fingerprint density at radius 2 is 1.91 bits per heavy atom. The van der Waals surface area contributed by atoms with Crippen molar-refractivity contribution in [1.29, 1.82) is 0 Å². The summed E-state index contributed by atoms with van der Waals surface area (Å²) in [5, 5.41) is 8.38. The number of hydrogen-bond donors (Lipinski definition) is 2. The highest BCUT2D eigenvalue weighted by molar-refractivity contribution is 6.15. The number of hydroxylamine groups is 1. The molecule has 2 rings (SSSR count). The largest absolute Gasteiger partial charge is 0.289 e. The number of carbonyl (C=O) groups excluding carboxylic acids is 3. The molecule has 6 nitrogen and oxygen atoms in total. The zero-order valence-corrected chi connectivity index (χ0v) is 12.8. The van der Waals surface area contributed by atoms with E-state index in [9.17, 15) is 14.4 Å². The fraction of sp³-hybridized carbons (Fsp3) is 0.353. The van der Waals surface area contributed by atoms with Crippen molar-refractivity contribution in [3.05, 3.63) is 41.5 Å². The number of unbranched alkanes of at least 4 members (excludes halogenated alkanes) is 2. The number of amides is 3. The summed E-state index contributed by atoms with van der Waals surface area (Å²) >= 11 is 0. The van der Waals surface area contributed by atoms with Crippen molar-refractivity contribution in [2.24, 2.45) is 0 Å². The van der Waals surface area contributed by atoms with E-state index < -0.39 is 5.91 Å². The number of imide groups is 1. The molecule has 1 heterocycles. The van der Waals surface area contributed by atoms with Crippen LogP contribution in [0.15, 0.2) is 35.9 Å². The summed E-state index contributed by atoms with van der Waals surface area (Å²) < 4.78 is 0. The minimum Gasteiger partial charge on any atom is -0.289 e. The van der Waals surface area contributed by atoms with Gasteiger partial charge in [0, 0.05) is 18.5 Å². The Balaban J connectivity index is 1.84. The molecule has 1 fully saturated rings. The summed E-state index contributed by atoms with van der Waals surface area (Å²) in [6, 6.07) is 9.44. The predicted octanol–water partition coefficient (Wildman–Crippen LogP) is 1.89. The lowest BCUT2D eigenvalue weighted by atomic mass is 10.1. The van der Waals surface area contributed by atoms with Gasteiger partial charge >= 0.3 is 0 Å². The number of carbonyl (C=O) groups is 3. The molecule has 23 heavy (non-hydrogen) atoms. The van der Waals surface area contributed by atoms with Gasteiger partial charge in [-0.25, -0.2) is 5.48 Å². The molecular weight excluding hydrogens is 296 g/mol. The van der Waals surface area contributed by atoms with Crippen molar-refractivity contribution in [2.75, 3.05) is 6.54 Å². The van der Waals surface area contributed by atoms with Gasteiger partial charge in [-0.15, -0.1) is 0 Å². The maximum Gasteiger partial charge on any atom is 0.256 e. The summed E-state index contributed by atoms with van der Waals surface area (Å²) in [7, 11) is 0. The van der Waals surface area contributed by atoms with Crippen LogP contribution in [0.5, 0.6) is 0 Å². The highest BCUT2D eigenvalue weighted by Crippen LogP contribution is 2.22. The normalized spacial score (nSPS) is 16.2. The van der Waals surface area contributed by atoms with Crippen LogP contribution in [0, 0.1) is 0 Å². The lowest BCUT2D eigenvalue weighted by Crippen LogP contribution is -2.30. The zero-order valence-electron chi connectivity index (χ0n) is 12.8. The fourth-order valence-corrected chi connectivity index (χ4v) is 2.50. The molecule has 0 aromatic heterocycles. The number of rotatable bonds is 7. The van der Waals surface area contributed by atoms with E-state index in [4.69, 9.17) is 5.21 Å². The minimum atomic E-state index is -0.425. The fourth-order valence-electron chi connectivity index (χ4n) is 2.50. The van der Waals surface area contributed by atoms with Crippen molar-refractivity contribution in [3.8, 4) is 0 Å². The van der Waals surface area contributed by atoms with E-state index in [0.29, 0.717) is 31.4 Å². The van der Waals surface area contributed by atoms with E-state index in [0.717, 1.165) is 5.56 Å². The Bertz CT molecular complexity index is 610. The van der Waals surface area contributed by atoms with Gasteiger partial charge in [-0.05, 0) is 24.5 Å². The Morgan fingerprint density at radius 1 is 1.17 bits per heavy atom. The minimum absolute atomic E-state index is 0.140. The van der Waals surface area contributed by atoms with Crippen molar-refractivity contribution >= 4 is 23.8 Å². The zero-order chi connectivity index (χ0) is 16.7. The molecule has 0 bridgehead atoms. The Hall–Kier alpha value is -2.47. The van der Waals surface area contributed by atoms with Crippen LogP contribution >= 0.6 is 0 Å². The van der Waals surface area contributed by atoms with Gasteiger partial charge in [0.15, 0.2) is 0 Å². The van der Waals surface area contributed by atoms with Crippen molar-refractivity contribution < 1.29 is 19.6 Å². The van der Waals surface area contributed by atoms with E-state index in [2.05, 4.69) is 0 Å². The molecule has 0 saturated carbocycles. The molecule has 122 valence electrons. The molecule has 1 aliphatic heterocycles. The van der Waals surface area contributed by atoms with Gasteiger partial charge in [-0.1, -0.05) is 36.8 Å². The average molecular weight is 316 g/mol. The standard InChI is InChI=1S/C17H20N2O4/c20-15(18-23)9-5-2-6-10-19-16(21)12-14(17(19)22)11-13-7-3-1-4-8-13/h1,3-4,7-8,11,23H,2,5-6,9-10,12H2,(H,18,20). The molecule has 2 N–H and O–H groups in total. The SMILES string of the molecule is O=C(CCCCCN1C(=O)CC(=Cc2ccccc2)C1=O)NO. The summed E-state index contributed by atoms with van der Waals surface area (Å²) in [5.41, 5.74) is 2.99. The average Bonchev–Trinajstić information content (AvgIpc) is 2.82. The molecule has 0 aliphatic carbocycles. The van der Waals surface area contributed by atoms with Gasteiger partial charge in [-0.2, -0.15) is 0 Å². The second kappa shape index (κ2) is 8.24. The molecule has 0 radical (unpaired) electrons. The number of nitrogens with zero attached hydrogens (tertiary/aromatic N) is 1. The lowest BCUT2D eigenvalue weighted by Gasteiger charge is -2.12. The van der Waals surface area contributed by atoms with E-state index >= 15 is 0 Å². The van der Waals surface area contributed by atoms with Crippen LogP contribution in [-0.2, 0) is 14.4 Å². The summed E-state index contributed by atoms with van der Waals surface area (Å²) in [4.78, 5) is 36.4. The third kappa shape index (κ3) is 4.75. The topological polar surface area (TPSA) is 86.7 Å². The maximum atomic E-state index is 12.3. The molecule has 1 saturated heterocycles. The van der Waals surface area contributed by atoms with Crippen LogP contribution in [0.25, 0.3) is 6.08 Å². The quantitative estimate of drug-likeness (QED) is 0.264. The maximum absolute atomic E-state index is 12.3. The first-order valence-electron chi connectivity index (χ1n) is 7.65. The van der Waals surface area contributed by atoms with E-state index in [-0.39, 0.29) is 24.7 Å². The number of likely N-dealkylation sites (tertiary alicyclic amines) is 1. The highest BCUT2D eigenvalue weighted by Gasteiger charge is 2.32. The molecule has 1 aromatic rings. The Labute approximate surface area is 134 Å². The van der Waals surface area contributed by atoms with Crippen LogP contribution in [0.1, 0.15) is 37.7 Å². The van der Waals surface area contributed by atoms with Gasteiger partial charge in [0.25, 0.3) is 5.91 Å². The summed E-state index contributed by atoms with van der Waals surface area (Å²) in [6.45, 7) is 0.366. The first kappa shape index (κ1) is 16.9. The first-order chi connectivity index (χ1) is 11.1. The van der Waals surface area contributed by atoms with Gasteiger partial charge in [-0.3, -0.25) is 24.5 Å². The molecule has 1 aromatic carbocycles. The second-order valence-corrected chi connectivity index (χ2v) is 5.45. The summed E-state index contributed by atoms with van der Waals surface area (Å²) in [5.74, 6) is -0.830. The Morgan fingerprint density at radius 3 is 2.61 bits per heavy atom. The molecule has 1 aliphatic rings. The molecule has 6 heteroatoms. The third-order valence-corrected chi connectivity index (χ3v) is 3.71. The van der Waals surface area contributed by atoms with Gasteiger partial charge in [0.2, 0.25) is 11.8 Å². The van der Waals surface area contributed by atoms with Gasteiger partial charge < -0.3 is 0 Å². The first-order valence-corrected chi connectivity index (χ1v) is 7.65. The Kier molecular flexibility index (Phi) is 6.05. The molecule has 0 atom stereocenters. The van der Waals surface area contributed by atoms with Crippen LogP contribution < -0.4 is 5.48 Å². The van der Waals surface area contributed by atoms with Crippen molar-refractivity contribution in [3.63, 3.8) is 0 Å². The van der Waals surface area contributed by atoms with E-state index in [1.165, 1.54) is 4.90 Å². The van der Waals surface area contributed by atoms with Crippen LogP contribution in [0.2, 0.25) is 0 Å². The number of benzene rings is 1. The molecular formula is C17H20N2O4. The third-order valence-electron chi connectivity index (χ3n) is 3.71. The van der Waals surface area contributed by atoms with Crippen LogP contribution in [0.3, 0.4) is 0 Å². The van der Waals surface area contributed by atoms with Gasteiger partial charge in [0.05, 0.1) is 6.42 Å². The number of nitrogens with one attached hydrogen (secondary N) is 1. The lowest BCUT2D eigenvalue weighted by molar-refractivity contribution is -0.137. The van der Waals surface area contributed by atoms with Crippen molar-refractivity contribution in [2.45, 2.75) is 32.1 Å². The van der Waals surface area contributed by atoms with Crippen LogP contribution in [-0.4, -0.2) is 34.4 Å². The van der Waals surface area contributed by atoms with E-state index in [1.54, 1.807) is 11.6 Å². The van der Waals surface area contributed by atoms with Crippen molar-refractivity contribution in [1.82, 2.24) is 10.4 Å². The monoisotopic (exact) mass is 316 g/mol. The van der Waals surface area contributed by atoms with E-state index in [1.807, 2.05) is 30.3 Å². The summed E-state index contributed by atoms with van der Waals surface area (Å²) in [6.07, 6.45) is 4.09. The molecule has 0 spiro atoms. The smallest absolute Gasteiger partial charge is 0.256 e. The predicted molar refractivity (Wildman–Crippen MR) is 84.2 cm³/mol. The molecule has 3 amide bonds. The van der Waals surface area contributed by atoms with Crippen LogP contribution in [0.4, 0.5) is 0 Å². The van der Waals surface area contributed by atoms with Gasteiger partial charge in [0.1, 0.15) is 0 Å². The molecule has 0 unspecified atom stereocenters. The highest BCUT2D eigenvalue weighted by atomic mass is 16.5.